The van der Waals surface area contributed by atoms with E-state index in [1.165, 1.54) is 11.1 Å². The van der Waals surface area contributed by atoms with Gasteiger partial charge in [0, 0.05) is 39.0 Å². The van der Waals surface area contributed by atoms with Gasteiger partial charge < -0.3 is 14.7 Å². The highest BCUT2D eigenvalue weighted by molar-refractivity contribution is 5.80. The van der Waals surface area contributed by atoms with Crippen LogP contribution in [0.25, 0.3) is 0 Å². The molecule has 0 fully saturated rings. The van der Waals surface area contributed by atoms with Crippen molar-refractivity contribution in [3.63, 3.8) is 0 Å². The zero-order chi connectivity index (χ0) is 16.8. The summed E-state index contributed by atoms with van der Waals surface area (Å²) < 4.78 is 5.14. The Bertz CT molecular complexity index is 694. The summed E-state index contributed by atoms with van der Waals surface area (Å²) in [5.41, 5.74) is 2.84. The Balaban J connectivity index is 1.63. The van der Waals surface area contributed by atoms with Gasteiger partial charge >= 0.3 is 0 Å². The Morgan fingerprint density at radius 1 is 1.29 bits per heavy atom. The van der Waals surface area contributed by atoms with Gasteiger partial charge in [-0.2, -0.15) is 4.98 Å². The molecule has 1 N–H and O–H groups in total. The Morgan fingerprint density at radius 3 is 2.88 bits per heavy atom. The first-order valence-corrected chi connectivity index (χ1v) is 8.71. The minimum absolute atomic E-state index is 0.656. The van der Waals surface area contributed by atoms with Gasteiger partial charge in [-0.1, -0.05) is 36.3 Å². The Morgan fingerprint density at radius 2 is 2.12 bits per heavy atom. The van der Waals surface area contributed by atoms with E-state index in [0.717, 1.165) is 44.3 Å². The van der Waals surface area contributed by atoms with Crippen LogP contribution in [0.2, 0.25) is 0 Å². The highest BCUT2D eigenvalue weighted by atomic mass is 16.5. The maximum Gasteiger partial charge on any atom is 0.226 e. The van der Waals surface area contributed by atoms with Crippen molar-refractivity contribution in [3.8, 4) is 0 Å². The Hall–Kier alpha value is -2.37. The molecule has 0 bridgehead atoms. The van der Waals surface area contributed by atoms with Crippen molar-refractivity contribution in [2.75, 3.05) is 19.6 Å². The molecule has 0 spiro atoms. The van der Waals surface area contributed by atoms with Crippen molar-refractivity contribution in [2.45, 2.75) is 39.7 Å². The number of hydrogen-bond acceptors (Lipinski definition) is 4. The monoisotopic (exact) mass is 327 g/mol. The van der Waals surface area contributed by atoms with Crippen LogP contribution in [0.3, 0.4) is 0 Å². The normalized spacial score (nSPS) is 14.6. The number of nitrogens with one attached hydrogen (secondary N) is 1. The van der Waals surface area contributed by atoms with E-state index in [2.05, 4.69) is 51.5 Å². The molecule has 0 amide bonds. The van der Waals surface area contributed by atoms with E-state index in [1.807, 2.05) is 6.92 Å². The largest absolute Gasteiger partial charge is 0.357 e. The predicted octanol–water partition coefficient (Wildman–Crippen LogP) is 2.20. The number of rotatable bonds is 5. The van der Waals surface area contributed by atoms with Crippen molar-refractivity contribution >= 4 is 5.96 Å². The lowest BCUT2D eigenvalue weighted by Gasteiger charge is -2.31. The minimum Gasteiger partial charge on any atom is -0.357 e. The van der Waals surface area contributed by atoms with Gasteiger partial charge in [0.2, 0.25) is 5.89 Å². The Kier molecular flexibility index (Phi) is 5.46. The van der Waals surface area contributed by atoms with Crippen LogP contribution in [0.15, 0.2) is 33.8 Å². The molecule has 2 heterocycles. The van der Waals surface area contributed by atoms with Crippen LogP contribution in [0.5, 0.6) is 0 Å². The molecule has 0 saturated carbocycles. The standard InChI is InChI=1S/C18H25N5O/c1-3-17-21-16(22-24-17)9-11-20-18(19-4-2)23-12-10-14-7-5-6-8-15(14)13-23/h5-8H,3-4,9-13H2,1-2H3,(H,19,20). The van der Waals surface area contributed by atoms with Crippen LogP contribution >= 0.6 is 0 Å². The van der Waals surface area contributed by atoms with Gasteiger partial charge in [-0.3, -0.25) is 4.99 Å². The fraction of sp³-hybridized carbons (Fsp3) is 0.500. The van der Waals surface area contributed by atoms with Crippen LogP contribution < -0.4 is 5.32 Å². The van der Waals surface area contributed by atoms with Crippen molar-refractivity contribution in [3.05, 3.63) is 47.1 Å². The summed E-state index contributed by atoms with van der Waals surface area (Å²) in [5, 5.41) is 7.38. The number of benzene rings is 1. The van der Waals surface area contributed by atoms with Gasteiger partial charge in [-0.25, -0.2) is 0 Å². The summed E-state index contributed by atoms with van der Waals surface area (Å²) in [6.07, 6.45) is 2.53. The third kappa shape index (κ3) is 3.93. The number of guanidine groups is 1. The minimum atomic E-state index is 0.656. The van der Waals surface area contributed by atoms with Crippen LogP contribution in [0.1, 0.15) is 36.7 Å². The summed E-state index contributed by atoms with van der Waals surface area (Å²) in [4.78, 5) is 11.4. The van der Waals surface area contributed by atoms with Gasteiger partial charge in [0.05, 0.1) is 0 Å². The average Bonchev–Trinajstić information content (AvgIpc) is 3.08. The van der Waals surface area contributed by atoms with Crippen molar-refractivity contribution in [1.82, 2.24) is 20.4 Å². The number of aromatic nitrogens is 2. The van der Waals surface area contributed by atoms with Crippen LogP contribution in [-0.4, -0.2) is 40.6 Å². The van der Waals surface area contributed by atoms with E-state index >= 15 is 0 Å². The lowest BCUT2D eigenvalue weighted by molar-refractivity contribution is 0.375. The topological polar surface area (TPSA) is 66.5 Å². The molecule has 1 aromatic carbocycles. The lowest BCUT2D eigenvalue weighted by Crippen LogP contribution is -2.44. The molecule has 3 rings (SSSR count). The summed E-state index contributed by atoms with van der Waals surface area (Å²) in [6, 6.07) is 8.65. The quantitative estimate of drug-likeness (QED) is 0.673. The second-order valence-electron chi connectivity index (χ2n) is 5.88. The Labute approximate surface area is 143 Å². The van der Waals surface area contributed by atoms with Gasteiger partial charge in [-0.15, -0.1) is 0 Å². The highest BCUT2D eigenvalue weighted by Gasteiger charge is 2.18. The zero-order valence-electron chi connectivity index (χ0n) is 14.5. The van der Waals surface area contributed by atoms with Gasteiger partial charge in [-0.05, 0) is 24.5 Å². The molecule has 0 unspecified atom stereocenters. The second-order valence-corrected chi connectivity index (χ2v) is 5.88. The molecule has 2 aromatic rings. The van der Waals surface area contributed by atoms with Gasteiger partial charge in [0.25, 0.3) is 0 Å². The molecule has 0 atom stereocenters. The zero-order valence-corrected chi connectivity index (χ0v) is 14.5. The van der Waals surface area contributed by atoms with Crippen LogP contribution in [-0.2, 0) is 25.8 Å². The third-order valence-electron chi connectivity index (χ3n) is 4.17. The summed E-state index contributed by atoms with van der Waals surface area (Å²) >= 11 is 0. The van der Waals surface area contributed by atoms with E-state index in [9.17, 15) is 0 Å². The number of hydrogen-bond donors (Lipinski definition) is 1. The van der Waals surface area contributed by atoms with Crippen molar-refractivity contribution < 1.29 is 4.52 Å². The molecule has 0 radical (unpaired) electrons. The smallest absolute Gasteiger partial charge is 0.226 e. The van der Waals surface area contributed by atoms with E-state index in [1.54, 1.807) is 0 Å². The van der Waals surface area contributed by atoms with Crippen LogP contribution in [0, 0.1) is 0 Å². The van der Waals surface area contributed by atoms with E-state index in [-0.39, 0.29) is 0 Å². The molecule has 0 aliphatic carbocycles. The number of nitrogens with zero attached hydrogens (tertiary/aromatic N) is 4. The molecular weight excluding hydrogens is 302 g/mol. The number of aryl methyl sites for hydroxylation is 1. The number of fused-ring (bicyclic) bond motifs is 1. The first-order chi connectivity index (χ1) is 11.8. The lowest BCUT2D eigenvalue weighted by atomic mass is 10.0. The third-order valence-corrected chi connectivity index (χ3v) is 4.17. The fourth-order valence-corrected chi connectivity index (χ4v) is 2.90. The maximum atomic E-state index is 5.14. The molecular formula is C18H25N5O. The predicted molar refractivity (Wildman–Crippen MR) is 93.9 cm³/mol. The molecule has 24 heavy (non-hydrogen) atoms. The molecule has 1 aromatic heterocycles. The molecule has 0 saturated heterocycles. The summed E-state index contributed by atoms with van der Waals surface area (Å²) in [5.74, 6) is 2.38. The van der Waals surface area contributed by atoms with E-state index in [0.29, 0.717) is 18.9 Å². The summed E-state index contributed by atoms with van der Waals surface area (Å²) in [7, 11) is 0. The highest BCUT2D eigenvalue weighted by Crippen LogP contribution is 2.18. The summed E-state index contributed by atoms with van der Waals surface area (Å²) in [6.45, 7) is 7.52. The van der Waals surface area contributed by atoms with Crippen molar-refractivity contribution in [1.29, 1.82) is 0 Å². The second kappa shape index (κ2) is 7.95. The van der Waals surface area contributed by atoms with Crippen LogP contribution in [0.4, 0.5) is 0 Å². The maximum absolute atomic E-state index is 5.14. The number of aliphatic imine (C=N–C) groups is 1. The molecule has 1 aliphatic rings. The van der Waals surface area contributed by atoms with Gasteiger partial charge in [0.15, 0.2) is 11.8 Å². The van der Waals surface area contributed by atoms with Crippen molar-refractivity contribution in [2.24, 2.45) is 4.99 Å². The molecule has 6 heteroatoms. The molecule has 1 aliphatic heterocycles. The SMILES string of the molecule is CCNC(=NCCc1noc(CC)n1)N1CCc2ccccc2C1. The first-order valence-electron chi connectivity index (χ1n) is 8.71. The first kappa shape index (κ1) is 16.5. The molecule has 6 nitrogen and oxygen atoms in total. The van der Waals surface area contributed by atoms with Gasteiger partial charge in [0.1, 0.15) is 0 Å². The van der Waals surface area contributed by atoms with E-state index in [4.69, 9.17) is 9.52 Å². The fourth-order valence-electron chi connectivity index (χ4n) is 2.90. The van der Waals surface area contributed by atoms with E-state index < -0.39 is 0 Å². The molecule has 128 valence electrons. The average molecular weight is 327 g/mol.